The lowest BCUT2D eigenvalue weighted by Gasteiger charge is -2.20. The van der Waals surface area contributed by atoms with Crippen LogP contribution in [0.1, 0.15) is 277 Å². The van der Waals surface area contributed by atoms with Gasteiger partial charge in [0.25, 0.3) is 0 Å². The van der Waals surface area contributed by atoms with E-state index in [-0.39, 0.29) is 18.5 Å². The number of allylic oxidation sites excluding steroid dienone is 7. The lowest BCUT2D eigenvalue weighted by Crippen LogP contribution is -2.45. The maximum Gasteiger partial charge on any atom is 0.305 e. The quantitative estimate of drug-likeness (QED) is 0.0321. The van der Waals surface area contributed by atoms with Gasteiger partial charge in [-0.3, -0.25) is 9.59 Å². The van der Waals surface area contributed by atoms with Crippen LogP contribution >= 0.6 is 0 Å². The Labute approximate surface area is 391 Å². The van der Waals surface area contributed by atoms with E-state index in [1.54, 1.807) is 6.08 Å². The fraction of sp³-hybridized carbons (Fsp3) is 0.825. The second-order valence-electron chi connectivity index (χ2n) is 18.5. The number of rotatable bonds is 50. The topological polar surface area (TPSA) is 95.9 Å². The lowest BCUT2D eigenvalue weighted by atomic mass is 10.0. The van der Waals surface area contributed by atoms with Crippen LogP contribution in [0.5, 0.6) is 0 Å². The van der Waals surface area contributed by atoms with Gasteiger partial charge in [-0.25, -0.2) is 0 Å². The molecule has 2 atom stereocenters. The van der Waals surface area contributed by atoms with Crippen molar-refractivity contribution in [3.8, 4) is 0 Å². The van der Waals surface area contributed by atoms with E-state index in [4.69, 9.17) is 4.74 Å². The summed E-state index contributed by atoms with van der Waals surface area (Å²) in [5, 5.41) is 23.1. The molecule has 0 spiro atoms. The second kappa shape index (κ2) is 52.4. The first-order valence-corrected chi connectivity index (χ1v) is 27.4. The Bertz CT molecular complexity index is 1070. The molecule has 3 N–H and O–H groups in total. The number of unbranched alkanes of at least 4 members (excludes halogenated alkanes) is 33. The van der Waals surface area contributed by atoms with Gasteiger partial charge in [0.2, 0.25) is 5.91 Å². The van der Waals surface area contributed by atoms with E-state index in [1.165, 1.54) is 180 Å². The molecule has 368 valence electrons. The maximum absolute atomic E-state index is 12.4. The number of carbonyl (C=O) groups excluding carboxylic acids is 2. The molecule has 0 aromatic rings. The average Bonchev–Trinajstić information content (AvgIpc) is 3.28. The van der Waals surface area contributed by atoms with Crippen LogP contribution in [-0.4, -0.2) is 47.4 Å². The Morgan fingerprint density at radius 2 is 0.794 bits per heavy atom. The minimum Gasteiger partial charge on any atom is -0.466 e. The zero-order valence-electron chi connectivity index (χ0n) is 41.8. The number of carbonyl (C=O) groups is 2. The summed E-state index contributed by atoms with van der Waals surface area (Å²) >= 11 is 0. The Balaban J connectivity index is 3.51. The molecule has 0 saturated heterocycles. The zero-order valence-corrected chi connectivity index (χ0v) is 41.8. The molecule has 6 heteroatoms. The van der Waals surface area contributed by atoms with Crippen LogP contribution in [-0.2, 0) is 14.3 Å². The number of amides is 1. The van der Waals surface area contributed by atoms with Crippen molar-refractivity contribution in [2.24, 2.45) is 0 Å². The van der Waals surface area contributed by atoms with Gasteiger partial charge in [-0.1, -0.05) is 223 Å². The largest absolute Gasteiger partial charge is 0.466 e. The molecule has 0 aliphatic rings. The summed E-state index contributed by atoms with van der Waals surface area (Å²) in [5.41, 5.74) is 0. The molecule has 1 amide bonds. The standard InChI is InChI=1S/C57H105NO5/c1-3-5-7-9-11-13-15-17-21-25-29-33-37-41-45-49-55(60)54(53-59)58-56(61)50-46-42-38-34-30-26-23-19-20-24-28-32-36-40-44-48-52-63-57(62)51-47-43-39-35-31-27-22-18-16-14-12-10-8-6-4-2/h12,14,18-19,22-23,45,49,54-55,59-60H,3-11,13,15-17,20-21,24-44,46-48,50-53H2,1-2H3,(H,58,61)/b14-12-,22-18-,23-19-,49-45+. The summed E-state index contributed by atoms with van der Waals surface area (Å²) in [4.78, 5) is 24.5. The van der Waals surface area contributed by atoms with Gasteiger partial charge in [0.05, 0.1) is 25.4 Å². The van der Waals surface area contributed by atoms with Crippen LogP contribution in [0.15, 0.2) is 48.6 Å². The summed E-state index contributed by atoms with van der Waals surface area (Å²) in [5.74, 6) is -0.105. The van der Waals surface area contributed by atoms with Crippen molar-refractivity contribution in [1.29, 1.82) is 0 Å². The minimum absolute atomic E-state index is 0.0186. The van der Waals surface area contributed by atoms with E-state index in [9.17, 15) is 19.8 Å². The van der Waals surface area contributed by atoms with Gasteiger partial charge in [-0.2, -0.15) is 0 Å². The molecular formula is C57H105NO5. The predicted molar refractivity (Wildman–Crippen MR) is 273 cm³/mol. The molecule has 0 aromatic heterocycles. The molecule has 0 aliphatic heterocycles. The number of aliphatic hydroxyl groups is 2. The van der Waals surface area contributed by atoms with E-state index < -0.39 is 12.1 Å². The fourth-order valence-corrected chi connectivity index (χ4v) is 8.07. The summed E-state index contributed by atoms with van der Waals surface area (Å²) in [6.45, 7) is 4.84. The highest BCUT2D eigenvalue weighted by molar-refractivity contribution is 5.76. The average molecular weight is 884 g/mol. The molecule has 2 unspecified atom stereocenters. The van der Waals surface area contributed by atoms with Crippen molar-refractivity contribution in [1.82, 2.24) is 5.32 Å². The molecule has 0 aromatic carbocycles. The molecule has 0 aliphatic carbocycles. The number of nitrogens with one attached hydrogen (secondary N) is 1. The third-order valence-electron chi connectivity index (χ3n) is 12.3. The number of esters is 1. The molecule has 63 heavy (non-hydrogen) atoms. The Morgan fingerprint density at radius 3 is 1.25 bits per heavy atom. The number of hydrogen-bond donors (Lipinski definition) is 3. The van der Waals surface area contributed by atoms with Crippen LogP contribution in [0.3, 0.4) is 0 Å². The Hall–Kier alpha value is -2.18. The van der Waals surface area contributed by atoms with Gasteiger partial charge >= 0.3 is 5.97 Å². The highest BCUT2D eigenvalue weighted by Gasteiger charge is 2.18. The van der Waals surface area contributed by atoms with E-state index in [2.05, 4.69) is 55.6 Å². The highest BCUT2D eigenvalue weighted by Crippen LogP contribution is 2.15. The van der Waals surface area contributed by atoms with Gasteiger partial charge in [0.15, 0.2) is 0 Å². The van der Waals surface area contributed by atoms with Crippen LogP contribution in [0.2, 0.25) is 0 Å². The molecule has 0 heterocycles. The summed E-state index contributed by atoms with van der Waals surface area (Å²) in [6.07, 6.45) is 65.4. The first-order valence-electron chi connectivity index (χ1n) is 27.4. The molecule has 0 rings (SSSR count). The number of aliphatic hydroxyl groups excluding tert-OH is 2. The summed E-state index contributed by atoms with van der Waals surface area (Å²) in [7, 11) is 0. The minimum atomic E-state index is -0.856. The van der Waals surface area contributed by atoms with Crippen molar-refractivity contribution < 1.29 is 24.5 Å². The van der Waals surface area contributed by atoms with E-state index >= 15 is 0 Å². The van der Waals surface area contributed by atoms with Gasteiger partial charge in [0, 0.05) is 12.8 Å². The smallest absolute Gasteiger partial charge is 0.305 e. The SMILES string of the molecule is CCCCC/C=C\C/C=C\CCCCCCCC(=O)OCCCCCCCCC/C=C\CCCCCCCC(=O)NC(CO)C(O)/C=C/CCCCCCCCCCCCCCC. The third kappa shape index (κ3) is 49.1. The van der Waals surface area contributed by atoms with Gasteiger partial charge in [0.1, 0.15) is 0 Å². The van der Waals surface area contributed by atoms with Crippen LogP contribution in [0.25, 0.3) is 0 Å². The molecule has 0 bridgehead atoms. The van der Waals surface area contributed by atoms with E-state index in [1.807, 2.05) is 6.08 Å². The lowest BCUT2D eigenvalue weighted by molar-refractivity contribution is -0.143. The fourth-order valence-electron chi connectivity index (χ4n) is 8.07. The van der Waals surface area contributed by atoms with Crippen molar-refractivity contribution in [2.75, 3.05) is 13.2 Å². The summed E-state index contributed by atoms with van der Waals surface area (Å²) < 4.78 is 5.46. The molecular weight excluding hydrogens is 779 g/mol. The summed E-state index contributed by atoms with van der Waals surface area (Å²) in [6, 6.07) is -0.641. The zero-order chi connectivity index (χ0) is 45.8. The first kappa shape index (κ1) is 60.8. The molecule has 0 fully saturated rings. The second-order valence-corrected chi connectivity index (χ2v) is 18.5. The molecule has 0 radical (unpaired) electrons. The van der Waals surface area contributed by atoms with Crippen molar-refractivity contribution in [3.05, 3.63) is 48.6 Å². The van der Waals surface area contributed by atoms with Gasteiger partial charge < -0.3 is 20.3 Å². The maximum atomic E-state index is 12.4. The van der Waals surface area contributed by atoms with Crippen molar-refractivity contribution in [2.45, 2.75) is 289 Å². The number of hydrogen-bond acceptors (Lipinski definition) is 5. The van der Waals surface area contributed by atoms with Gasteiger partial charge in [-0.15, -0.1) is 0 Å². The molecule has 0 saturated carbocycles. The van der Waals surface area contributed by atoms with Crippen LogP contribution < -0.4 is 5.32 Å². The normalized spacial score (nSPS) is 13.0. The van der Waals surface area contributed by atoms with E-state index in [0.29, 0.717) is 19.4 Å². The predicted octanol–water partition coefficient (Wildman–Crippen LogP) is 16.6. The highest BCUT2D eigenvalue weighted by atomic mass is 16.5. The van der Waals surface area contributed by atoms with Gasteiger partial charge in [-0.05, 0) is 89.9 Å². The van der Waals surface area contributed by atoms with Crippen LogP contribution in [0.4, 0.5) is 0 Å². The first-order chi connectivity index (χ1) is 31.0. The third-order valence-corrected chi connectivity index (χ3v) is 12.3. The monoisotopic (exact) mass is 884 g/mol. The van der Waals surface area contributed by atoms with Crippen molar-refractivity contribution in [3.63, 3.8) is 0 Å². The van der Waals surface area contributed by atoms with E-state index in [0.717, 1.165) is 70.6 Å². The number of ether oxygens (including phenoxy) is 1. The van der Waals surface area contributed by atoms with Crippen LogP contribution in [0, 0.1) is 0 Å². The van der Waals surface area contributed by atoms with Crippen molar-refractivity contribution >= 4 is 11.9 Å². The molecule has 6 nitrogen and oxygen atoms in total. The Kier molecular flexibility index (Phi) is 50.6. The Morgan fingerprint density at radius 1 is 0.444 bits per heavy atom.